The van der Waals surface area contributed by atoms with Gasteiger partial charge < -0.3 is 5.32 Å². The molecule has 0 radical (unpaired) electrons. The number of nitrogens with one attached hydrogen (secondary N) is 1. The van der Waals surface area contributed by atoms with Crippen molar-refractivity contribution in [1.82, 2.24) is 5.32 Å². The molecule has 52 valence electrons. The van der Waals surface area contributed by atoms with Crippen molar-refractivity contribution in [1.29, 1.82) is 0 Å². The van der Waals surface area contributed by atoms with Gasteiger partial charge in [0.15, 0.2) is 0 Å². The first-order valence-electron chi connectivity index (χ1n) is 4.03. The van der Waals surface area contributed by atoms with Crippen LogP contribution in [-0.2, 0) is 0 Å². The van der Waals surface area contributed by atoms with E-state index < -0.39 is 0 Å². The summed E-state index contributed by atoms with van der Waals surface area (Å²) in [6.45, 7) is 4.62. The second-order valence-corrected chi connectivity index (χ2v) is 3.86. The summed E-state index contributed by atoms with van der Waals surface area (Å²) >= 11 is 0. The van der Waals surface area contributed by atoms with E-state index in [4.69, 9.17) is 0 Å². The Morgan fingerprint density at radius 3 is 2.44 bits per heavy atom. The van der Waals surface area contributed by atoms with E-state index in [1.54, 1.807) is 0 Å². The fraction of sp³-hybridized carbons (Fsp3) is 1.00. The molecule has 0 aromatic rings. The van der Waals surface area contributed by atoms with Crippen molar-refractivity contribution in [3.05, 3.63) is 0 Å². The Bertz CT molecular complexity index is 110. The molecule has 1 aliphatic carbocycles. The first-order valence-corrected chi connectivity index (χ1v) is 4.03. The van der Waals surface area contributed by atoms with Crippen LogP contribution in [0.5, 0.6) is 0 Å². The number of rotatable bonds is 1. The van der Waals surface area contributed by atoms with Gasteiger partial charge in [-0.05, 0) is 24.7 Å². The van der Waals surface area contributed by atoms with E-state index in [1.807, 2.05) is 0 Å². The highest BCUT2D eigenvalue weighted by molar-refractivity contribution is 5.03. The van der Waals surface area contributed by atoms with Crippen LogP contribution in [0.25, 0.3) is 0 Å². The van der Waals surface area contributed by atoms with E-state index in [2.05, 4.69) is 19.2 Å². The largest absolute Gasteiger partial charge is 0.311 e. The molecule has 1 aliphatic heterocycles. The average molecular weight is 125 g/mol. The van der Waals surface area contributed by atoms with E-state index >= 15 is 0 Å². The summed E-state index contributed by atoms with van der Waals surface area (Å²) in [5.41, 5.74) is 0. The van der Waals surface area contributed by atoms with Crippen LogP contribution in [0.15, 0.2) is 0 Å². The summed E-state index contributed by atoms with van der Waals surface area (Å²) < 4.78 is 0. The van der Waals surface area contributed by atoms with Crippen LogP contribution in [-0.4, -0.2) is 12.1 Å². The molecule has 3 atom stereocenters. The summed E-state index contributed by atoms with van der Waals surface area (Å²) in [4.78, 5) is 0. The second-order valence-electron chi connectivity index (χ2n) is 3.86. The third-order valence-corrected chi connectivity index (χ3v) is 2.71. The monoisotopic (exact) mass is 125 g/mol. The van der Waals surface area contributed by atoms with Crippen molar-refractivity contribution < 1.29 is 0 Å². The van der Waals surface area contributed by atoms with Crippen molar-refractivity contribution >= 4 is 0 Å². The van der Waals surface area contributed by atoms with Gasteiger partial charge >= 0.3 is 0 Å². The first kappa shape index (κ1) is 5.72. The predicted molar refractivity (Wildman–Crippen MR) is 38.3 cm³/mol. The van der Waals surface area contributed by atoms with Gasteiger partial charge in [0.25, 0.3) is 0 Å². The highest BCUT2D eigenvalue weighted by Gasteiger charge is 2.45. The zero-order valence-corrected chi connectivity index (χ0v) is 6.22. The van der Waals surface area contributed by atoms with Crippen molar-refractivity contribution in [2.45, 2.75) is 38.8 Å². The van der Waals surface area contributed by atoms with Crippen molar-refractivity contribution in [3.8, 4) is 0 Å². The molecule has 1 saturated carbocycles. The quantitative estimate of drug-likeness (QED) is 0.558. The molecule has 2 aliphatic rings. The van der Waals surface area contributed by atoms with Crippen LogP contribution in [0, 0.1) is 11.8 Å². The normalized spacial score (nSPS) is 47.7. The molecule has 1 saturated heterocycles. The number of hydrogen-bond acceptors (Lipinski definition) is 1. The zero-order chi connectivity index (χ0) is 6.43. The lowest BCUT2D eigenvalue weighted by molar-refractivity contribution is 0.416. The van der Waals surface area contributed by atoms with Gasteiger partial charge in [0.1, 0.15) is 0 Å². The van der Waals surface area contributed by atoms with Crippen LogP contribution in [0.3, 0.4) is 0 Å². The van der Waals surface area contributed by atoms with Crippen molar-refractivity contribution in [3.63, 3.8) is 0 Å². The van der Waals surface area contributed by atoms with Crippen molar-refractivity contribution in [2.75, 3.05) is 0 Å². The molecule has 2 fully saturated rings. The average Bonchev–Trinajstić information content (AvgIpc) is 2.40. The maximum atomic E-state index is 3.63. The molecule has 1 heteroatoms. The number of hydrogen-bond donors (Lipinski definition) is 1. The Kier molecular flexibility index (Phi) is 1.10. The highest BCUT2D eigenvalue weighted by Crippen LogP contribution is 2.42. The van der Waals surface area contributed by atoms with Gasteiger partial charge in [0.2, 0.25) is 0 Å². The number of fused-ring (bicyclic) bond motifs is 1. The summed E-state index contributed by atoms with van der Waals surface area (Å²) in [5, 5.41) is 3.63. The third kappa shape index (κ3) is 0.877. The molecule has 1 N–H and O–H groups in total. The van der Waals surface area contributed by atoms with Crippen LogP contribution in [0.2, 0.25) is 0 Å². The van der Waals surface area contributed by atoms with E-state index in [-0.39, 0.29) is 0 Å². The second kappa shape index (κ2) is 1.72. The van der Waals surface area contributed by atoms with Crippen LogP contribution >= 0.6 is 0 Å². The Morgan fingerprint density at radius 2 is 2.11 bits per heavy atom. The molecule has 0 bridgehead atoms. The van der Waals surface area contributed by atoms with Gasteiger partial charge in [-0.2, -0.15) is 0 Å². The first-order chi connectivity index (χ1) is 4.27. The summed E-state index contributed by atoms with van der Waals surface area (Å²) in [6, 6.07) is 1.77. The summed E-state index contributed by atoms with van der Waals surface area (Å²) in [6.07, 6.45) is 2.91. The zero-order valence-electron chi connectivity index (χ0n) is 6.22. The SMILES string of the molecule is CC(C)[C@@H]1C[C@H]2C[C@H]2N1. The van der Waals surface area contributed by atoms with Gasteiger partial charge in [-0.1, -0.05) is 13.8 Å². The molecule has 1 heterocycles. The molecule has 2 rings (SSSR count). The van der Waals surface area contributed by atoms with Gasteiger partial charge in [-0.25, -0.2) is 0 Å². The molecular formula is C8H15N. The molecule has 0 aromatic heterocycles. The summed E-state index contributed by atoms with van der Waals surface area (Å²) in [7, 11) is 0. The lowest BCUT2D eigenvalue weighted by atomic mass is 10.0. The predicted octanol–water partition coefficient (Wildman–Crippen LogP) is 1.39. The molecular weight excluding hydrogens is 110 g/mol. The van der Waals surface area contributed by atoms with E-state index in [1.165, 1.54) is 12.8 Å². The lowest BCUT2D eigenvalue weighted by Gasteiger charge is -2.16. The van der Waals surface area contributed by atoms with E-state index in [0.29, 0.717) is 0 Å². The van der Waals surface area contributed by atoms with Gasteiger partial charge in [-0.15, -0.1) is 0 Å². The van der Waals surface area contributed by atoms with Gasteiger partial charge in [0.05, 0.1) is 0 Å². The third-order valence-electron chi connectivity index (χ3n) is 2.71. The summed E-state index contributed by atoms with van der Waals surface area (Å²) in [5.74, 6) is 1.91. The molecule has 0 amide bonds. The standard InChI is InChI=1S/C8H15N/c1-5(2)7-3-6-4-8(6)9-7/h5-9H,3-4H2,1-2H3/t6-,7-,8+/m0/s1. The molecule has 9 heavy (non-hydrogen) atoms. The fourth-order valence-corrected chi connectivity index (χ4v) is 1.85. The molecule has 0 unspecified atom stereocenters. The molecule has 0 aromatic carbocycles. The Balaban J connectivity index is 1.90. The maximum absolute atomic E-state index is 3.63. The van der Waals surface area contributed by atoms with Crippen LogP contribution in [0.1, 0.15) is 26.7 Å². The van der Waals surface area contributed by atoms with Crippen LogP contribution < -0.4 is 5.32 Å². The maximum Gasteiger partial charge on any atom is 0.0102 e. The van der Waals surface area contributed by atoms with Crippen LogP contribution in [0.4, 0.5) is 0 Å². The number of piperidine rings is 1. The minimum absolute atomic E-state index is 0.841. The van der Waals surface area contributed by atoms with Gasteiger partial charge in [-0.3, -0.25) is 0 Å². The fourth-order valence-electron chi connectivity index (χ4n) is 1.85. The van der Waals surface area contributed by atoms with Gasteiger partial charge in [0, 0.05) is 12.1 Å². The van der Waals surface area contributed by atoms with Crippen molar-refractivity contribution in [2.24, 2.45) is 11.8 Å². The minimum Gasteiger partial charge on any atom is -0.311 e. The smallest absolute Gasteiger partial charge is 0.0102 e. The molecule has 0 spiro atoms. The Morgan fingerprint density at radius 1 is 1.33 bits per heavy atom. The minimum atomic E-state index is 0.841. The lowest BCUT2D eigenvalue weighted by Crippen LogP contribution is -2.30. The Hall–Kier alpha value is -0.0400. The molecule has 1 nitrogen and oxygen atoms in total. The van der Waals surface area contributed by atoms with E-state index in [9.17, 15) is 0 Å². The topological polar surface area (TPSA) is 12.0 Å². The highest BCUT2D eigenvalue weighted by atomic mass is 15.1. The Labute approximate surface area is 56.8 Å². The van der Waals surface area contributed by atoms with E-state index in [0.717, 1.165) is 23.9 Å².